The monoisotopic (exact) mass is 396 g/mol. The topological polar surface area (TPSA) is 17.1 Å². The first-order valence-electron chi connectivity index (χ1n) is 8.78. The van der Waals surface area contributed by atoms with Gasteiger partial charge in [0.2, 0.25) is 0 Å². The minimum absolute atomic E-state index is 0.997. The molecule has 1 aromatic carbocycles. The Hall–Kier alpha value is -0.311. The van der Waals surface area contributed by atoms with Crippen LogP contribution in [-0.2, 0) is 0 Å². The van der Waals surface area contributed by atoms with Crippen molar-refractivity contribution in [2.45, 2.75) is 72.6 Å². The minimum atomic E-state index is -2.42. The summed E-state index contributed by atoms with van der Waals surface area (Å²) in [5.41, 5.74) is 0.997. The first-order valence-corrected chi connectivity index (χ1v) is 16.3. The summed E-state index contributed by atoms with van der Waals surface area (Å²) in [4.78, 5) is 11.5. The number of aldehydes is 1. The number of carbonyl (C=O) groups is 1. The first kappa shape index (κ1) is 18.7. The molecule has 0 unspecified atom stereocenters. The number of rotatable bonds is 11. The van der Waals surface area contributed by atoms with Crippen molar-refractivity contribution in [3.63, 3.8) is 0 Å². The molecule has 1 aromatic rings. The molecule has 0 atom stereocenters. The first-order chi connectivity index (χ1) is 10.2. The van der Waals surface area contributed by atoms with Gasteiger partial charge >= 0.3 is 135 Å². The van der Waals surface area contributed by atoms with Gasteiger partial charge in [0, 0.05) is 0 Å². The van der Waals surface area contributed by atoms with E-state index in [0.29, 0.717) is 0 Å². The summed E-state index contributed by atoms with van der Waals surface area (Å²) in [5, 5.41) is 0. The third-order valence-corrected chi connectivity index (χ3v) is 20.5. The Balaban J connectivity index is 3.19. The normalized spacial score (nSPS) is 11.6. The number of hydrogen-bond acceptors (Lipinski definition) is 1. The standard InChI is InChI=1S/C7H5O.3C4H9.Sn/c8-6-7-4-2-1-3-5-7;3*1-3-4-2;/h1-4,6H;3*1,3-4H2,2H3;. The van der Waals surface area contributed by atoms with Crippen LogP contribution in [0.2, 0.25) is 13.3 Å². The molecule has 0 aliphatic rings. The third kappa shape index (κ3) is 5.43. The zero-order valence-electron chi connectivity index (χ0n) is 14.2. The quantitative estimate of drug-likeness (QED) is 0.355. The summed E-state index contributed by atoms with van der Waals surface area (Å²) >= 11 is -2.42. The van der Waals surface area contributed by atoms with Crippen LogP contribution in [0.15, 0.2) is 24.3 Å². The second-order valence-electron chi connectivity index (χ2n) is 6.30. The average Bonchev–Trinajstić information content (AvgIpc) is 2.54. The van der Waals surface area contributed by atoms with Gasteiger partial charge in [-0.1, -0.05) is 0 Å². The SMILES string of the molecule is CCC[CH2][Sn]([CH2]CCC)([CH2]CCC)[c]1ccccc1C=O. The van der Waals surface area contributed by atoms with Crippen LogP contribution in [0.5, 0.6) is 0 Å². The molecule has 0 aliphatic carbocycles. The molecule has 0 saturated carbocycles. The van der Waals surface area contributed by atoms with Gasteiger partial charge in [-0.25, -0.2) is 0 Å². The van der Waals surface area contributed by atoms with Crippen LogP contribution in [0.25, 0.3) is 0 Å². The molecule has 0 heterocycles. The van der Waals surface area contributed by atoms with Crippen LogP contribution in [0, 0.1) is 0 Å². The van der Waals surface area contributed by atoms with Crippen LogP contribution in [0.4, 0.5) is 0 Å². The Labute approximate surface area is 135 Å². The fourth-order valence-corrected chi connectivity index (χ4v) is 20.1. The summed E-state index contributed by atoms with van der Waals surface area (Å²) in [6.45, 7) is 6.88. The summed E-state index contributed by atoms with van der Waals surface area (Å²) < 4.78 is 5.79. The summed E-state index contributed by atoms with van der Waals surface area (Å²) in [6.07, 6.45) is 8.97. The number of unbranched alkanes of at least 4 members (excludes halogenated alkanes) is 3. The Kier molecular flexibility index (Phi) is 9.30. The van der Waals surface area contributed by atoms with Crippen molar-refractivity contribution < 1.29 is 4.79 Å². The van der Waals surface area contributed by atoms with Crippen molar-refractivity contribution in [1.82, 2.24) is 0 Å². The van der Waals surface area contributed by atoms with E-state index in [1.54, 1.807) is 0 Å². The maximum atomic E-state index is 11.5. The van der Waals surface area contributed by atoms with Gasteiger partial charge in [0.05, 0.1) is 0 Å². The van der Waals surface area contributed by atoms with E-state index >= 15 is 0 Å². The maximum absolute atomic E-state index is 11.5. The van der Waals surface area contributed by atoms with Gasteiger partial charge in [0.15, 0.2) is 0 Å². The Morgan fingerprint density at radius 2 is 1.33 bits per heavy atom. The van der Waals surface area contributed by atoms with E-state index in [1.807, 2.05) is 12.1 Å². The van der Waals surface area contributed by atoms with Crippen molar-refractivity contribution in [2.75, 3.05) is 0 Å². The van der Waals surface area contributed by atoms with E-state index in [-0.39, 0.29) is 0 Å². The molecule has 0 fully saturated rings. The molecule has 0 aliphatic heterocycles. The van der Waals surface area contributed by atoms with Crippen molar-refractivity contribution >= 4 is 28.2 Å². The third-order valence-electron chi connectivity index (χ3n) is 4.69. The van der Waals surface area contributed by atoms with Gasteiger partial charge in [-0.2, -0.15) is 0 Å². The number of hydrogen-bond donors (Lipinski definition) is 0. The van der Waals surface area contributed by atoms with Gasteiger partial charge in [-0.15, -0.1) is 0 Å². The van der Waals surface area contributed by atoms with Crippen LogP contribution in [0.1, 0.15) is 69.7 Å². The van der Waals surface area contributed by atoms with Crippen LogP contribution < -0.4 is 3.58 Å². The van der Waals surface area contributed by atoms with E-state index in [0.717, 1.165) is 11.8 Å². The molecule has 21 heavy (non-hydrogen) atoms. The van der Waals surface area contributed by atoms with Crippen LogP contribution in [-0.4, -0.2) is 24.7 Å². The van der Waals surface area contributed by atoms with Crippen LogP contribution in [0.3, 0.4) is 0 Å². The Bertz CT molecular complexity index is 392. The Morgan fingerprint density at radius 3 is 1.76 bits per heavy atom. The van der Waals surface area contributed by atoms with Gasteiger partial charge in [0.25, 0.3) is 0 Å². The molecule has 118 valence electrons. The predicted octanol–water partition coefficient (Wildman–Crippen LogP) is 5.56. The van der Waals surface area contributed by atoms with E-state index in [2.05, 4.69) is 32.9 Å². The molecule has 0 amide bonds. The van der Waals surface area contributed by atoms with E-state index in [9.17, 15) is 4.79 Å². The zero-order chi connectivity index (χ0) is 15.6. The molecule has 1 rings (SSSR count). The zero-order valence-corrected chi connectivity index (χ0v) is 17.0. The second-order valence-corrected chi connectivity index (χ2v) is 19.4. The molecule has 2 heteroatoms. The Morgan fingerprint density at radius 1 is 0.857 bits per heavy atom. The molecule has 0 radical (unpaired) electrons. The molecular formula is C19H32OSn. The predicted molar refractivity (Wildman–Crippen MR) is 96.4 cm³/mol. The van der Waals surface area contributed by atoms with E-state index < -0.39 is 18.4 Å². The molecule has 0 spiro atoms. The summed E-state index contributed by atoms with van der Waals surface area (Å²) in [6, 6.07) is 8.50. The molecular weight excluding hydrogens is 363 g/mol. The summed E-state index contributed by atoms with van der Waals surface area (Å²) in [5.74, 6) is 0. The molecule has 0 bridgehead atoms. The van der Waals surface area contributed by atoms with E-state index in [1.165, 1.54) is 55.4 Å². The van der Waals surface area contributed by atoms with E-state index in [4.69, 9.17) is 0 Å². The van der Waals surface area contributed by atoms with Gasteiger partial charge in [-0.05, 0) is 0 Å². The number of carbonyl (C=O) groups excluding carboxylic acids is 1. The van der Waals surface area contributed by atoms with Gasteiger partial charge < -0.3 is 0 Å². The van der Waals surface area contributed by atoms with Gasteiger partial charge in [0.1, 0.15) is 0 Å². The van der Waals surface area contributed by atoms with Gasteiger partial charge in [-0.3, -0.25) is 0 Å². The number of benzene rings is 1. The van der Waals surface area contributed by atoms with Crippen molar-refractivity contribution in [1.29, 1.82) is 0 Å². The molecule has 0 N–H and O–H groups in total. The van der Waals surface area contributed by atoms with Crippen molar-refractivity contribution in [3.8, 4) is 0 Å². The second kappa shape index (κ2) is 10.4. The molecule has 0 aromatic heterocycles. The summed E-state index contributed by atoms with van der Waals surface area (Å²) in [7, 11) is 0. The van der Waals surface area contributed by atoms with Crippen molar-refractivity contribution in [2.24, 2.45) is 0 Å². The molecule has 0 saturated heterocycles. The fourth-order valence-electron chi connectivity index (χ4n) is 3.41. The van der Waals surface area contributed by atoms with Crippen molar-refractivity contribution in [3.05, 3.63) is 29.8 Å². The molecule has 1 nitrogen and oxygen atoms in total. The fraction of sp³-hybridized carbons (Fsp3) is 0.632. The average molecular weight is 395 g/mol. The van der Waals surface area contributed by atoms with Crippen LogP contribution >= 0.6 is 0 Å².